The van der Waals surface area contributed by atoms with E-state index in [2.05, 4.69) is 133 Å². The molecule has 0 bridgehead atoms. The van der Waals surface area contributed by atoms with Crippen molar-refractivity contribution < 1.29 is 0 Å². The van der Waals surface area contributed by atoms with E-state index in [4.69, 9.17) is 0 Å². The average Bonchev–Trinajstić information content (AvgIpc) is 2.81. The van der Waals surface area contributed by atoms with Gasteiger partial charge in [-0.25, -0.2) is 0 Å². The third kappa shape index (κ3) is 3.46. The lowest BCUT2D eigenvalue weighted by Gasteiger charge is -2.28. The molecule has 0 saturated heterocycles. The average molecular weight is 386 g/mol. The highest BCUT2D eigenvalue weighted by Crippen LogP contribution is 2.41. The van der Waals surface area contributed by atoms with E-state index < -0.39 is 0 Å². The Hall–Kier alpha value is -3.84. The number of rotatable bonds is 4. The molecule has 0 aliphatic rings. The molecule has 0 radical (unpaired) electrons. The van der Waals surface area contributed by atoms with Gasteiger partial charge in [-0.1, -0.05) is 96.6 Å². The lowest BCUT2D eigenvalue weighted by molar-refractivity contribution is 1.28. The fraction of sp³-hybridized carbons (Fsp3) is 0.0345. The van der Waals surface area contributed by atoms with Crippen LogP contribution in [-0.4, -0.2) is 0 Å². The van der Waals surface area contributed by atoms with E-state index in [9.17, 15) is 0 Å². The molecule has 0 atom stereocenters. The highest BCUT2D eigenvalue weighted by Gasteiger charge is 2.17. The molecule has 0 spiro atoms. The fourth-order valence-corrected chi connectivity index (χ4v) is 3.97. The summed E-state index contributed by atoms with van der Waals surface area (Å²) in [5.74, 6) is 0. The summed E-state index contributed by atoms with van der Waals surface area (Å²) in [6.45, 7) is 2.13. The Morgan fingerprint density at radius 3 is 1.93 bits per heavy atom. The van der Waals surface area contributed by atoms with Crippen LogP contribution in [0, 0.1) is 6.92 Å². The van der Waals surface area contributed by atoms with Crippen molar-refractivity contribution in [3.05, 3.63) is 127 Å². The molecular formula is C29H23N. The molecule has 0 N–H and O–H groups in total. The first-order valence-corrected chi connectivity index (χ1v) is 10.3. The van der Waals surface area contributed by atoms with Crippen LogP contribution in [-0.2, 0) is 0 Å². The van der Waals surface area contributed by atoms with Gasteiger partial charge < -0.3 is 4.90 Å². The summed E-state index contributed by atoms with van der Waals surface area (Å²) in [6, 6.07) is 43.2. The van der Waals surface area contributed by atoms with Crippen molar-refractivity contribution in [2.75, 3.05) is 4.90 Å². The summed E-state index contributed by atoms with van der Waals surface area (Å²) in [7, 11) is 0. The maximum atomic E-state index is 2.36. The molecule has 30 heavy (non-hydrogen) atoms. The first-order chi connectivity index (χ1) is 14.8. The first-order valence-electron chi connectivity index (χ1n) is 10.3. The van der Waals surface area contributed by atoms with Crippen LogP contribution in [0.25, 0.3) is 21.9 Å². The number of para-hydroxylation sites is 1. The Labute approximate surface area is 177 Å². The molecule has 5 rings (SSSR count). The second-order valence-corrected chi connectivity index (χ2v) is 7.59. The van der Waals surface area contributed by atoms with Crippen LogP contribution in [0.5, 0.6) is 0 Å². The minimum absolute atomic E-state index is 1.15. The molecule has 1 heteroatoms. The lowest BCUT2D eigenvalue weighted by atomic mass is 10.0. The van der Waals surface area contributed by atoms with Crippen molar-refractivity contribution in [3.63, 3.8) is 0 Å². The van der Waals surface area contributed by atoms with Gasteiger partial charge in [0.15, 0.2) is 0 Å². The Bertz CT molecular complexity index is 1290. The molecule has 5 aromatic carbocycles. The highest BCUT2D eigenvalue weighted by atomic mass is 15.1. The molecule has 0 heterocycles. The molecule has 0 aliphatic carbocycles. The number of fused-ring (bicyclic) bond motifs is 1. The van der Waals surface area contributed by atoms with Crippen LogP contribution in [0.3, 0.4) is 0 Å². The first kappa shape index (κ1) is 18.2. The predicted molar refractivity (Wildman–Crippen MR) is 129 cm³/mol. The van der Waals surface area contributed by atoms with Gasteiger partial charge in [0.1, 0.15) is 0 Å². The number of hydrogen-bond donors (Lipinski definition) is 0. The molecular weight excluding hydrogens is 362 g/mol. The van der Waals surface area contributed by atoms with Crippen molar-refractivity contribution >= 4 is 27.8 Å². The maximum Gasteiger partial charge on any atom is 0.0540 e. The van der Waals surface area contributed by atoms with Crippen molar-refractivity contribution in [2.45, 2.75) is 6.92 Å². The summed E-state index contributed by atoms with van der Waals surface area (Å²) in [4.78, 5) is 2.36. The van der Waals surface area contributed by atoms with E-state index in [1.54, 1.807) is 0 Å². The summed E-state index contributed by atoms with van der Waals surface area (Å²) >= 11 is 0. The Morgan fingerprint density at radius 1 is 0.500 bits per heavy atom. The second-order valence-electron chi connectivity index (χ2n) is 7.59. The van der Waals surface area contributed by atoms with Crippen LogP contribution >= 0.6 is 0 Å². The monoisotopic (exact) mass is 385 g/mol. The Kier molecular flexibility index (Phi) is 4.78. The molecule has 0 saturated carbocycles. The van der Waals surface area contributed by atoms with Gasteiger partial charge in [-0.15, -0.1) is 0 Å². The van der Waals surface area contributed by atoms with Crippen molar-refractivity contribution in [2.24, 2.45) is 0 Å². The topological polar surface area (TPSA) is 3.24 Å². The van der Waals surface area contributed by atoms with Crippen LogP contribution in [0.4, 0.5) is 17.1 Å². The fourth-order valence-electron chi connectivity index (χ4n) is 3.97. The molecule has 0 aromatic heterocycles. The Balaban J connectivity index is 1.74. The molecule has 0 fully saturated rings. The third-order valence-electron chi connectivity index (χ3n) is 5.51. The van der Waals surface area contributed by atoms with E-state index >= 15 is 0 Å². The number of aryl methyl sites for hydroxylation is 1. The lowest BCUT2D eigenvalue weighted by Crippen LogP contribution is -2.11. The molecule has 1 nitrogen and oxygen atoms in total. The van der Waals surface area contributed by atoms with Crippen molar-refractivity contribution in [3.8, 4) is 11.1 Å². The summed E-state index contributed by atoms with van der Waals surface area (Å²) < 4.78 is 0. The highest BCUT2D eigenvalue weighted by molar-refractivity contribution is 5.92. The van der Waals surface area contributed by atoms with Crippen LogP contribution < -0.4 is 4.90 Å². The number of hydrogen-bond acceptors (Lipinski definition) is 1. The van der Waals surface area contributed by atoms with E-state index in [1.807, 2.05) is 0 Å². The van der Waals surface area contributed by atoms with Crippen LogP contribution in [0.15, 0.2) is 121 Å². The largest absolute Gasteiger partial charge is 0.310 e. The number of nitrogens with zero attached hydrogens (tertiary/aromatic N) is 1. The van der Waals surface area contributed by atoms with Crippen LogP contribution in [0.1, 0.15) is 5.56 Å². The SMILES string of the molecule is Cc1ccc(N(c2ccc3ccccc3c2)c2ccccc2-c2ccccc2)cc1. The Morgan fingerprint density at radius 2 is 1.13 bits per heavy atom. The molecule has 5 aromatic rings. The van der Waals surface area contributed by atoms with E-state index in [1.165, 1.54) is 33.2 Å². The normalized spacial score (nSPS) is 10.8. The summed E-state index contributed by atoms with van der Waals surface area (Å²) in [5, 5.41) is 2.49. The molecule has 0 aliphatic heterocycles. The predicted octanol–water partition coefficient (Wildman–Crippen LogP) is 8.29. The maximum absolute atomic E-state index is 2.36. The molecule has 0 amide bonds. The zero-order valence-corrected chi connectivity index (χ0v) is 17.0. The standard InChI is InChI=1S/C29H23N/c1-22-15-18-26(19-16-22)30(27-20-17-23-9-5-6-12-25(23)21-27)29-14-8-7-13-28(29)24-10-3-2-4-11-24/h2-21H,1H3. The van der Waals surface area contributed by atoms with Gasteiger partial charge in [0, 0.05) is 16.9 Å². The van der Waals surface area contributed by atoms with Gasteiger partial charge in [0.25, 0.3) is 0 Å². The minimum Gasteiger partial charge on any atom is -0.310 e. The molecule has 0 unspecified atom stereocenters. The van der Waals surface area contributed by atoms with Gasteiger partial charge >= 0.3 is 0 Å². The third-order valence-corrected chi connectivity index (χ3v) is 5.51. The van der Waals surface area contributed by atoms with E-state index in [-0.39, 0.29) is 0 Å². The van der Waals surface area contributed by atoms with Crippen molar-refractivity contribution in [1.29, 1.82) is 0 Å². The summed E-state index contributed by atoms with van der Waals surface area (Å²) in [5.41, 5.74) is 7.16. The number of benzene rings is 5. The second kappa shape index (κ2) is 7.88. The van der Waals surface area contributed by atoms with Crippen LogP contribution in [0.2, 0.25) is 0 Å². The van der Waals surface area contributed by atoms with E-state index in [0.29, 0.717) is 0 Å². The van der Waals surface area contributed by atoms with E-state index in [0.717, 1.165) is 11.4 Å². The quantitative estimate of drug-likeness (QED) is 0.301. The van der Waals surface area contributed by atoms with Gasteiger partial charge in [-0.3, -0.25) is 0 Å². The van der Waals surface area contributed by atoms with Crippen molar-refractivity contribution in [1.82, 2.24) is 0 Å². The zero-order chi connectivity index (χ0) is 20.3. The smallest absolute Gasteiger partial charge is 0.0540 e. The summed E-state index contributed by atoms with van der Waals surface area (Å²) in [6.07, 6.45) is 0. The minimum atomic E-state index is 1.15. The molecule has 144 valence electrons. The van der Waals surface area contributed by atoms with Gasteiger partial charge in [-0.05, 0) is 53.6 Å². The van der Waals surface area contributed by atoms with Gasteiger partial charge in [0.2, 0.25) is 0 Å². The van der Waals surface area contributed by atoms with Gasteiger partial charge in [0.05, 0.1) is 5.69 Å². The number of anilines is 3. The zero-order valence-electron chi connectivity index (χ0n) is 17.0. The van der Waals surface area contributed by atoms with Gasteiger partial charge in [-0.2, -0.15) is 0 Å².